The van der Waals surface area contributed by atoms with Gasteiger partial charge in [-0.05, 0) is 5.56 Å². The van der Waals surface area contributed by atoms with Crippen molar-refractivity contribution in [3.8, 4) is 0 Å². The summed E-state index contributed by atoms with van der Waals surface area (Å²) in [6.07, 6.45) is 0.694. The van der Waals surface area contributed by atoms with Crippen LogP contribution in [0, 0.1) is 0 Å². The summed E-state index contributed by atoms with van der Waals surface area (Å²) in [5, 5.41) is -0.351. The van der Waals surface area contributed by atoms with Crippen molar-refractivity contribution in [2.24, 2.45) is 0 Å². The molecule has 1 rings (SSSR count). The fraction of sp³-hybridized carbons (Fsp3) is 0.300. The molecule has 0 N–H and O–H groups in total. The molecule has 0 saturated heterocycles. The van der Waals surface area contributed by atoms with Gasteiger partial charge in [0.1, 0.15) is 0 Å². The molecule has 14 heavy (non-hydrogen) atoms. The standard InChI is InChI=1S/C10H9Cl3O/c11-9(6-10(12,13)7-14)8-4-2-1-3-5-8/h1-5,7,9H,6H2. The van der Waals surface area contributed by atoms with Crippen LogP contribution in [0.15, 0.2) is 30.3 Å². The molecule has 0 fully saturated rings. The number of benzene rings is 1. The molecule has 0 spiro atoms. The van der Waals surface area contributed by atoms with E-state index < -0.39 is 4.33 Å². The van der Waals surface area contributed by atoms with Gasteiger partial charge < -0.3 is 4.79 Å². The van der Waals surface area contributed by atoms with Crippen molar-refractivity contribution >= 4 is 41.1 Å². The number of alkyl halides is 3. The van der Waals surface area contributed by atoms with Crippen molar-refractivity contribution in [2.45, 2.75) is 16.1 Å². The van der Waals surface area contributed by atoms with Crippen molar-refractivity contribution in [1.29, 1.82) is 0 Å². The number of carbonyl (C=O) groups is 1. The summed E-state index contributed by atoms with van der Waals surface area (Å²) in [5.41, 5.74) is 0.904. The van der Waals surface area contributed by atoms with Crippen molar-refractivity contribution in [2.75, 3.05) is 0 Å². The molecular weight excluding hydrogens is 242 g/mol. The summed E-state index contributed by atoms with van der Waals surface area (Å²) < 4.78 is -1.40. The van der Waals surface area contributed by atoms with Gasteiger partial charge in [0.05, 0.1) is 5.38 Å². The van der Waals surface area contributed by atoms with E-state index in [1.165, 1.54) is 0 Å². The minimum absolute atomic E-state index is 0.200. The van der Waals surface area contributed by atoms with Crippen LogP contribution >= 0.6 is 34.8 Å². The van der Waals surface area contributed by atoms with E-state index in [1.54, 1.807) is 0 Å². The van der Waals surface area contributed by atoms with E-state index in [4.69, 9.17) is 34.8 Å². The zero-order chi connectivity index (χ0) is 10.6. The molecule has 0 bridgehead atoms. The Morgan fingerprint density at radius 3 is 2.36 bits per heavy atom. The van der Waals surface area contributed by atoms with Gasteiger partial charge in [0.25, 0.3) is 0 Å². The van der Waals surface area contributed by atoms with Crippen LogP contribution in [-0.4, -0.2) is 10.6 Å². The molecule has 0 amide bonds. The lowest BCUT2D eigenvalue weighted by Gasteiger charge is -2.16. The van der Waals surface area contributed by atoms with Gasteiger partial charge in [0, 0.05) is 6.42 Å². The summed E-state index contributed by atoms with van der Waals surface area (Å²) in [7, 11) is 0. The summed E-state index contributed by atoms with van der Waals surface area (Å²) in [5.74, 6) is 0. The Bertz CT molecular complexity index is 297. The third kappa shape index (κ3) is 3.49. The fourth-order valence-corrected chi connectivity index (χ4v) is 1.92. The molecule has 1 aromatic rings. The van der Waals surface area contributed by atoms with Gasteiger partial charge in [-0.3, -0.25) is 0 Å². The molecule has 0 aliphatic rings. The van der Waals surface area contributed by atoms with Crippen molar-refractivity contribution in [3.05, 3.63) is 35.9 Å². The fourth-order valence-electron chi connectivity index (χ4n) is 1.07. The molecule has 76 valence electrons. The monoisotopic (exact) mass is 250 g/mol. The second-order valence-electron chi connectivity index (χ2n) is 2.96. The number of halogens is 3. The highest BCUT2D eigenvalue weighted by molar-refractivity contribution is 6.55. The maximum atomic E-state index is 10.5. The van der Waals surface area contributed by atoms with E-state index in [-0.39, 0.29) is 11.8 Å². The molecule has 4 heteroatoms. The lowest BCUT2D eigenvalue weighted by molar-refractivity contribution is -0.108. The average Bonchev–Trinajstić information content (AvgIpc) is 2.19. The highest BCUT2D eigenvalue weighted by atomic mass is 35.5. The van der Waals surface area contributed by atoms with E-state index >= 15 is 0 Å². The number of hydrogen-bond acceptors (Lipinski definition) is 1. The van der Waals surface area contributed by atoms with Crippen LogP contribution in [0.2, 0.25) is 0 Å². The van der Waals surface area contributed by atoms with Gasteiger partial charge in [-0.1, -0.05) is 53.5 Å². The molecule has 0 aliphatic carbocycles. The van der Waals surface area contributed by atoms with Crippen molar-refractivity contribution in [3.63, 3.8) is 0 Å². The van der Waals surface area contributed by atoms with E-state index in [9.17, 15) is 4.79 Å². The number of hydrogen-bond donors (Lipinski definition) is 0. The minimum atomic E-state index is -1.40. The van der Waals surface area contributed by atoms with Crippen LogP contribution in [0.1, 0.15) is 17.4 Å². The van der Waals surface area contributed by atoms with Gasteiger partial charge in [-0.25, -0.2) is 0 Å². The first kappa shape index (κ1) is 11.8. The van der Waals surface area contributed by atoms with Crippen molar-refractivity contribution < 1.29 is 4.79 Å². The zero-order valence-corrected chi connectivity index (χ0v) is 9.56. The zero-order valence-electron chi connectivity index (χ0n) is 7.29. The Morgan fingerprint density at radius 2 is 1.86 bits per heavy atom. The topological polar surface area (TPSA) is 17.1 Å². The lowest BCUT2D eigenvalue weighted by atomic mass is 10.1. The van der Waals surface area contributed by atoms with Crippen LogP contribution in [0.25, 0.3) is 0 Å². The van der Waals surface area contributed by atoms with E-state index in [0.29, 0.717) is 6.29 Å². The quantitative estimate of drug-likeness (QED) is 0.589. The van der Waals surface area contributed by atoms with E-state index in [1.807, 2.05) is 30.3 Å². The molecule has 1 aromatic carbocycles. The third-order valence-electron chi connectivity index (χ3n) is 1.79. The van der Waals surface area contributed by atoms with E-state index in [2.05, 4.69) is 0 Å². The smallest absolute Gasteiger partial charge is 0.174 e. The Balaban J connectivity index is 2.68. The average molecular weight is 252 g/mol. The van der Waals surface area contributed by atoms with Crippen LogP contribution < -0.4 is 0 Å². The molecule has 1 atom stereocenters. The SMILES string of the molecule is O=CC(Cl)(Cl)CC(Cl)c1ccccc1. The van der Waals surface area contributed by atoms with Gasteiger partial charge in [-0.2, -0.15) is 0 Å². The molecule has 0 saturated carbocycles. The number of carbonyl (C=O) groups excluding carboxylic acids is 1. The maximum Gasteiger partial charge on any atom is 0.174 e. The van der Waals surface area contributed by atoms with Gasteiger partial charge in [-0.15, -0.1) is 11.6 Å². The molecule has 1 nitrogen and oxygen atoms in total. The Hall–Kier alpha value is -0.240. The van der Waals surface area contributed by atoms with Crippen LogP contribution in [0.4, 0.5) is 0 Å². The molecule has 1 unspecified atom stereocenters. The van der Waals surface area contributed by atoms with Gasteiger partial charge >= 0.3 is 0 Å². The Labute approximate surface area is 98.0 Å². The molecule has 0 radical (unpaired) electrons. The normalized spacial score (nSPS) is 13.6. The molecular formula is C10H9Cl3O. The predicted octanol–water partition coefficient (Wildman–Crippen LogP) is 3.73. The van der Waals surface area contributed by atoms with Crippen molar-refractivity contribution in [1.82, 2.24) is 0 Å². The summed E-state index contributed by atoms with van der Waals surface area (Å²) >= 11 is 17.4. The summed E-state index contributed by atoms with van der Waals surface area (Å²) in [6, 6.07) is 9.37. The molecule has 0 aliphatic heterocycles. The lowest BCUT2D eigenvalue weighted by Crippen LogP contribution is -2.16. The summed E-state index contributed by atoms with van der Waals surface area (Å²) in [4.78, 5) is 10.5. The first-order valence-corrected chi connectivity index (χ1v) is 5.27. The highest BCUT2D eigenvalue weighted by Gasteiger charge is 2.27. The van der Waals surface area contributed by atoms with Crippen LogP contribution in [0.5, 0.6) is 0 Å². The Kier molecular flexibility index (Phi) is 4.24. The number of rotatable bonds is 4. The second-order valence-corrected chi connectivity index (χ2v) is 5.03. The first-order valence-electron chi connectivity index (χ1n) is 4.08. The summed E-state index contributed by atoms with van der Waals surface area (Å²) in [6.45, 7) is 0. The largest absolute Gasteiger partial charge is 0.300 e. The number of aldehydes is 1. The first-order chi connectivity index (χ1) is 6.55. The predicted molar refractivity (Wildman–Crippen MR) is 60.2 cm³/mol. The molecule has 0 aromatic heterocycles. The minimum Gasteiger partial charge on any atom is -0.300 e. The van der Waals surface area contributed by atoms with Crippen LogP contribution in [-0.2, 0) is 4.79 Å². The molecule has 0 heterocycles. The maximum absolute atomic E-state index is 10.5. The van der Waals surface area contributed by atoms with E-state index in [0.717, 1.165) is 5.56 Å². The third-order valence-corrected chi connectivity index (χ3v) is 2.68. The second kappa shape index (κ2) is 5.01. The highest BCUT2D eigenvalue weighted by Crippen LogP contribution is 2.34. The Morgan fingerprint density at radius 1 is 1.29 bits per heavy atom. The van der Waals surface area contributed by atoms with Gasteiger partial charge in [0.15, 0.2) is 10.6 Å². The van der Waals surface area contributed by atoms with Gasteiger partial charge in [0.2, 0.25) is 0 Å². The van der Waals surface area contributed by atoms with Crippen LogP contribution in [0.3, 0.4) is 0 Å².